The fraction of sp³-hybridized carbons (Fsp3) is 0.538. The summed E-state index contributed by atoms with van der Waals surface area (Å²) in [5.74, 6) is 6.21. The first-order valence-electron chi connectivity index (χ1n) is 22.7. The smallest absolute Gasteiger partial charge is 0.468 e. The zero-order valence-electron chi connectivity index (χ0n) is 41.8. The zero-order chi connectivity index (χ0) is 48.6. The molecule has 2 aliphatic rings. The van der Waals surface area contributed by atoms with Crippen molar-refractivity contribution in [2.24, 2.45) is 5.41 Å². The van der Waals surface area contributed by atoms with E-state index >= 15 is 0 Å². The highest BCUT2D eigenvalue weighted by Crippen LogP contribution is 2.41. The Balaban J connectivity index is 1.20. The van der Waals surface area contributed by atoms with Crippen LogP contribution in [0.25, 0.3) is 21.5 Å². The van der Waals surface area contributed by atoms with Crippen molar-refractivity contribution in [2.75, 3.05) is 27.8 Å². The number of carbonyl (C=O) groups excluding carboxylic acids is 2. The van der Waals surface area contributed by atoms with Crippen LogP contribution < -0.4 is 20.4 Å². The highest BCUT2D eigenvalue weighted by atomic mass is 16.7. The van der Waals surface area contributed by atoms with Crippen molar-refractivity contribution in [3.05, 3.63) is 71.8 Å². The molecule has 2 fully saturated rings. The molecule has 4 aromatic rings. The summed E-state index contributed by atoms with van der Waals surface area (Å²) < 4.78 is 60.6. The van der Waals surface area contributed by atoms with E-state index in [1.54, 1.807) is 28.1 Å². The number of benzene rings is 4. The van der Waals surface area contributed by atoms with Gasteiger partial charge >= 0.3 is 26.2 Å². The molecule has 2 heterocycles. The average molecular weight is 907 g/mol. The van der Waals surface area contributed by atoms with Gasteiger partial charge in [-0.25, -0.2) is 0 Å². The van der Waals surface area contributed by atoms with Crippen LogP contribution in [0.3, 0.4) is 0 Å². The molecule has 354 valence electrons. The number of ether oxygens (including phenoxy) is 6. The monoisotopic (exact) mass is 906 g/mol. The molecule has 12 nitrogen and oxygen atoms in total. The maximum absolute atomic E-state index is 14.0. The molecule has 14 heteroatoms. The molecule has 2 atom stereocenters. The van der Waals surface area contributed by atoms with Gasteiger partial charge in [0.1, 0.15) is 29.6 Å². The Morgan fingerprint density at radius 2 is 1.14 bits per heavy atom. The van der Waals surface area contributed by atoms with Crippen LogP contribution in [0.15, 0.2) is 60.7 Å². The van der Waals surface area contributed by atoms with E-state index < -0.39 is 65.7 Å². The Labute approximate surface area is 392 Å². The third-order valence-corrected chi connectivity index (χ3v) is 13.2. The minimum Gasteiger partial charge on any atom is -0.468 e. The standard InChI is InChI=1S/C52H68B2O12/c1-33(39-24-18-23-36-28-38(60-32-58-16)30-41(45(36)39)54-65-51(11,12)52(13,14)66-54)26-43(56)61-46(47(2,3)4)48(5,6)62-42(55)25-19-21-34-20-17-22-35-27-37(59-31-57-15)29-40(44(34)35)53-63-49(7,8)50(9,10)64-53/h17-18,20,22-24,27-30,33,46H,25-26,31-32H2,1-16H3. The van der Waals surface area contributed by atoms with E-state index in [-0.39, 0.29) is 32.3 Å². The summed E-state index contributed by atoms with van der Waals surface area (Å²) in [6.45, 7) is 27.6. The molecule has 0 spiro atoms. The van der Waals surface area contributed by atoms with Crippen LogP contribution in [0, 0.1) is 17.3 Å². The minimum atomic E-state index is -1.21. The number of fused-ring (bicyclic) bond motifs is 2. The van der Waals surface area contributed by atoms with Crippen molar-refractivity contribution < 1.29 is 56.6 Å². The van der Waals surface area contributed by atoms with Gasteiger partial charge in [0.05, 0.1) is 28.8 Å². The van der Waals surface area contributed by atoms with Gasteiger partial charge in [-0.05, 0) is 144 Å². The number of carbonyl (C=O) groups is 2. The zero-order valence-corrected chi connectivity index (χ0v) is 41.8. The highest BCUT2D eigenvalue weighted by molar-refractivity contribution is 6.66. The van der Waals surface area contributed by atoms with Crippen molar-refractivity contribution in [2.45, 2.75) is 150 Å². The molecule has 0 aromatic heterocycles. The number of esters is 2. The summed E-state index contributed by atoms with van der Waals surface area (Å²) in [4.78, 5) is 27.7. The summed E-state index contributed by atoms with van der Waals surface area (Å²) >= 11 is 0. The largest absolute Gasteiger partial charge is 0.495 e. The van der Waals surface area contributed by atoms with Gasteiger partial charge in [-0.15, -0.1) is 0 Å². The maximum atomic E-state index is 14.0. The van der Waals surface area contributed by atoms with E-state index in [4.69, 9.17) is 47.0 Å². The average Bonchev–Trinajstić information content (AvgIpc) is 3.58. The second-order valence-corrected chi connectivity index (χ2v) is 21.0. The Hall–Kier alpha value is -4.61. The van der Waals surface area contributed by atoms with Gasteiger partial charge in [-0.2, -0.15) is 0 Å². The lowest BCUT2D eigenvalue weighted by atomic mass is 9.73. The molecule has 0 radical (unpaired) electrons. The van der Waals surface area contributed by atoms with Crippen LogP contribution in [0.5, 0.6) is 11.5 Å². The molecular weight excluding hydrogens is 838 g/mol. The normalized spacial score (nSPS) is 18.4. The SMILES string of the molecule is COCOc1cc(B2OC(C)(C)C(C)(C)O2)c2c(C#CCC(=O)OC(C)(C)C(OC(=O)CC(C)c3cccc4cc(OCOC)cc(B5OC(C)(C)C(C)(C)O5)c34)C(C)(C)C)cccc2c1. The van der Waals surface area contributed by atoms with E-state index in [0.717, 1.165) is 38.0 Å². The summed E-state index contributed by atoms with van der Waals surface area (Å²) in [6, 6.07) is 19.4. The Morgan fingerprint density at radius 3 is 1.62 bits per heavy atom. The number of hydrogen-bond acceptors (Lipinski definition) is 12. The van der Waals surface area contributed by atoms with Crippen molar-refractivity contribution in [3.8, 4) is 23.3 Å². The molecule has 66 heavy (non-hydrogen) atoms. The first-order chi connectivity index (χ1) is 30.7. The Morgan fingerprint density at radius 1 is 0.667 bits per heavy atom. The molecule has 6 rings (SSSR count). The molecule has 2 aliphatic heterocycles. The first-order valence-corrected chi connectivity index (χ1v) is 22.7. The topological polar surface area (TPSA) is 126 Å². The van der Waals surface area contributed by atoms with E-state index in [0.29, 0.717) is 17.1 Å². The lowest BCUT2D eigenvalue weighted by Crippen LogP contribution is -2.50. The molecular formula is C52H68B2O12. The van der Waals surface area contributed by atoms with Gasteiger partial charge < -0.3 is 47.0 Å². The van der Waals surface area contributed by atoms with Crippen LogP contribution in [0.1, 0.15) is 127 Å². The third kappa shape index (κ3) is 10.9. The third-order valence-electron chi connectivity index (χ3n) is 13.2. The predicted molar refractivity (Wildman–Crippen MR) is 258 cm³/mol. The molecule has 4 aromatic carbocycles. The summed E-state index contributed by atoms with van der Waals surface area (Å²) in [7, 11) is 1.76. The molecule has 0 saturated carbocycles. The highest BCUT2D eigenvalue weighted by Gasteiger charge is 2.54. The van der Waals surface area contributed by atoms with Crippen LogP contribution in [0.2, 0.25) is 0 Å². The summed E-state index contributed by atoms with van der Waals surface area (Å²) in [5.41, 5.74) is -0.963. The van der Waals surface area contributed by atoms with Crippen LogP contribution >= 0.6 is 0 Å². The number of rotatable bonds is 15. The predicted octanol–water partition coefficient (Wildman–Crippen LogP) is 8.77. The second kappa shape index (κ2) is 19.2. The van der Waals surface area contributed by atoms with Crippen LogP contribution in [-0.2, 0) is 47.2 Å². The fourth-order valence-corrected chi connectivity index (χ4v) is 8.64. The van der Waals surface area contributed by atoms with E-state index in [1.807, 2.05) is 144 Å². The molecule has 2 saturated heterocycles. The second-order valence-electron chi connectivity index (χ2n) is 21.0. The maximum Gasteiger partial charge on any atom is 0.495 e. The van der Waals surface area contributed by atoms with E-state index in [2.05, 4.69) is 11.8 Å². The Bertz CT molecular complexity index is 2460. The van der Waals surface area contributed by atoms with Gasteiger partial charge in [-0.3, -0.25) is 9.59 Å². The quantitative estimate of drug-likeness (QED) is 0.0490. The fourth-order valence-electron chi connectivity index (χ4n) is 8.64. The molecule has 0 bridgehead atoms. The van der Waals surface area contributed by atoms with Gasteiger partial charge in [0.25, 0.3) is 0 Å². The molecule has 0 N–H and O–H groups in total. The van der Waals surface area contributed by atoms with Gasteiger partial charge in [0.15, 0.2) is 13.6 Å². The Kier molecular flexibility index (Phi) is 14.8. The van der Waals surface area contributed by atoms with Crippen molar-refractivity contribution >= 4 is 58.6 Å². The van der Waals surface area contributed by atoms with E-state index in [1.165, 1.54) is 0 Å². The lowest BCUT2D eigenvalue weighted by molar-refractivity contribution is -0.193. The van der Waals surface area contributed by atoms with Crippen LogP contribution in [-0.4, -0.2) is 88.1 Å². The number of hydrogen-bond donors (Lipinski definition) is 0. The van der Waals surface area contributed by atoms with Gasteiger partial charge in [-0.1, -0.05) is 69.9 Å². The molecule has 0 aliphatic carbocycles. The lowest BCUT2D eigenvalue weighted by Gasteiger charge is -2.41. The van der Waals surface area contributed by atoms with Crippen molar-refractivity contribution in [1.29, 1.82) is 0 Å². The molecule has 2 unspecified atom stereocenters. The van der Waals surface area contributed by atoms with Gasteiger partial charge in [0.2, 0.25) is 0 Å². The first kappa shape index (κ1) is 50.8. The van der Waals surface area contributed by atoms with Crippen LogP contribution in [0.4, 0.5) is 0 Å². The number of methoxy groups -OCH3 is 2. The van der Waals surface area contributed by atoms with E-state index in [9.17, 15) is 9.59 Å². The minimum absolute atomic E-state index is 0.0604. The summed E-state index contributed by atoms with van der Waals surface area (Å²) in [6.07, 6.45) is -0.942. The molecule has 0 amide bonds. The van der Waals surface area contributed by atoms with Gasteiger partial charge in [0, 0.05) is 25.2 Å². The summed E-state index contributed by atoms with van der Waals surface area (Å²) in [5, 5.41) is 3.50. The van der Waals surface area contributed by atoms with Crippen molar-refractivity contribution in [3.63, 3.8) is 0 Å². The van der Waals surface area contributed by atoms with Crippen molar-refractivity contribution in [1.82, 2.24) is 0 Å².